The van der Waals surface area contributed by atoms with Crippen molar-refractivity contribution in [2.24, 2.45) is 0 Å². The average molecular weight is 297 g/mol. The van der Waals surface area contributed by atoms with Gasteiger partial charge in [-0.2, -0.15) is 0 Å². The van der Waals surface area contributed by atoms with Gasteiger partial charge in [0.2, 0.25) is 0 Å². The van der Waals surface area contributed by atoms with E-state index in [-0.39, 0.29) is 5.97 Å². The number of likely N-dealkylation sites (N-methyl/N-ethyl adjacent to an activating group) is 1. The SMILES string of the molecule is CCNC1(C(=O)OC)CCC(N(C)C2CCN(C)CC2)C1. The van der Waals surface area contributed by atoms with Gasteiger partial charge in [0.15, 0.2) is 0 Å². The highest BCUT2D eigenvalue weighted by Crippen LogP contribution is 2.35. The van der Waals surface area contributed by atoms with Crippen LogP contribution in [-0.4, -0.2) is 74.2 Å². The van der Waals surface area contributed by atoms with E-state index in [9.17, 15) is 4.79 Å². The molecule has 1 aliphatic carbocycles. The first kappa shape index (κ1) is 16.7. The lowest BCUT2D eigenvalue weighted by Crippen LogP contribution is -2.52. The van der Waals surface area contributed by atoms with Gasteiger partial charge in [-0.1, -0.05) is 6.92 Å². The highest BCUT2D eigenvalue weighted by atomic mass is 16.5. The summed E-state index contributed by atoms with van der Waals surface area (Å²) < 4.78 is 5.05. The van der Waals surface area contributed by atoms with Crippen LogP contribution in [0.25, 0.3) is 0 Å². The predicted octanol–water partition coefficient (Wildman–Crippen LogP) is 1.09. The Morgan fingerprint density at radius 1 is 1.33 bits per heavy atom. The number of hydrogen-bond donors (Lipinski definition) is 1. The van der Waals surface area contributed by atoms with E-state index >= 15 is 0 Å². The van der Waals surface area contributed by atoms with E-state index in [4.69, 9.17) is 4.74 Å². The van der Waals surface area contributed by atoms with E-state index in [0.717, 1.165) is 25.8 Å². The van der Waals surface area contributed by atoms with Crippen LogP contribution in [0.5, 0.6) is 0 Å². The number of esters is 1. The van der Waals surface area contributed by atoms with Gasteiger partial charge in [0.05, 0.1) is 7.11 Å². The zero-order valence-corrected chi connectivity index (χ0v) is 14.0. The van der Waals surface area contributed by atoms with Crippen molar-refractivity contribution in [1.29, 1.82) is 0 Å². The molecule has 0 aromatic heterocycles. The van der Waals surface area contributed by atoms with Gasteiger partial charge >= 0.3 is 5.97 Å². The summed E-state index contributed by atoms with van der Waals surface area (Å²) in [6.45, 7) is 5.21. The molecule has 1 N–H and O–H groups in total. The molecule has 1 heterocycles. The Kier molecular flexibility index (Phi) is 5.63. The molecule has 1 aliphatic heterocycles. The van der Waals surface area contributed by atoms with Crippen molar-refractivity contribution >= 4 is 5.97 Å². The molecule has 2 fully saturated rings. The Balaban J connectivity index is 1.98. The highest BCUT2D eigenvalue weighted by Gasteiger charge is 2.47. The summed E-state index contributed by atoms with van der Waals surface area (Å²) >= 11 is 0. The van der Waals surface area contributed by atoms with Crippen LogP contribution in [0.2, 0.25) is 0 Å². The van der Waals surface area contributed by atoms with Gasteiger partial charge in [0.25, 0.3) is 0 Å². The van der Waals surface area contributed by atoms with Crippen LogP contribution < -0.4 is 5.32 Å². The summed E-state index contributed by atoms with van der Waals surface area (Å²) in [7, 11) is 5.93. The molecular formula is C16H31N3O2. The lowest BCUT2D eigenvalue weighted by atomic mass is 9.96. The van der Waals surface area contributed by atoms with E-state index < -0.39 is 5.54 Å². The smallest absolute Gasteiger partial charge is 0.326 e. The third kappa shape index (κ3) is 3.58. The van der Waals surface area contributed by atoms with Gasteiger partial charge in [-0.3, -0.25) is 4.79 Å². The van der Waals surface area contributed by atoms with E-state index in [0.29, 0.717) is 12.1 Å². The van der Waals surface area contributed by atoms with Crippen LogP contribution in [0, 0.1) is 0 Å². The second-order valence-corrected chi connectivity index (χ2v) is 6.70. The monoisotopic (exact) mass is 297 g/mol. The van der Waals surface area contributed by atoms with E-state index in [1.54, 1.807) is 0 Å². The van der Waals surface area contributed by atoms with Crippen molar-refractivity contribution in [2.75, 3.05) is 40.8 Å². The van der Waals surface area contributed by atoms with Crippen LogP contribution in [0.3, 0.4) is 0 Å². The zero-order chi connectivity index (χ0) is 15.5. The molecule has 0 bridgehead atoms. The quantitative estimate of drug-likeness (QED) is 0.770. The lowest BCUT2D eigenvalue weighted by Gasteiger charge is -2.39. The third-order valence-electron chi connectivity index (χ3n) is 5.42. The van der Waals surface area contributed by atoms with Gasteiger partial charge in [-0.05, 0) is 65.8 Å². The number of nitrogens with one attached hydrogen (secondary N) is 1. The van der Waals surface area contributed by atoms with Gasteiger partial charge < -0.3 is 19.9 Å². The van der Waals surface area contributed by atoms with Crippen molar-refractivity contribution in [1.82, 2.24) is 15.1 Å². The molecule has 0 radical (unpaired) electrons. The number of nitrogens with zero attached hydrogens (tertiary/aromatic N) is 2. The first-order chi connectivity index (χ1) is 10.0. The number of carbonyl (C=O) groups is 1. The molecule has 2 rings (SSSR count). The zero-order valence-electron chi connectivity index (χ0n) is 14.0. The standard InChI is InChI=1S/C16H31N3O2/c1-5-17-16(15(20)21-4)9-6-14(12-16)19(3)13-7-10-18(2)11-8-13/h13-14,17H,5-12H2,1-4H3. The van der Waals surface area contributed by atoms with Crippen molar-refractivity contribution in [3.8, 4) is 0 Å². The molecule has 21 heavy (non-hydrogen) atoms. The number of carbonyl (C=O) groups excluding carboxylic acids is 1. The molecule has 0 aromatic rings. The maximum Gasteiger partial charge on any atom is 0.326 e. The molecule has 1 saturated carbocycles. The summed E-state index contributed by atoms with van der Waals surface area (Å²) in [5, 5.41) is 3.39. The lowest BCUT2D eigenvalue weighted by molar-refractivity contribution is -0.148. The van der Waals surface area contributed by atoms with Crippen molar-refractivity contribution in [2.45, 2.75) is 56.7 Å². The topological polar surface area (TPSA) is 44.8 Å². The molecule has 0 spiro atoms. The Bertz CT molecular complexity index is 355. The number of likely N-dealkylation sites (tertiary alicyclic amines) is 1. The minimum absolute atomic E-state index is 0.0939. The van der Waals surface area contributed by atoms with E-state index in [1.165, 1.54) is 33.0 Å². The number of hydrogen-bond acceptors (Lipinski definition) is 5. The molecule has 0 aromatic carbocycles. The number of piperidine rings is 1. The van der Waals surface area contributed by atoms with Crippen molar-refractivity contribution in [3.05, 3.63) is 0 Å². The van der Waals surface area contributed by atoms with E-state index in [1.807, 2.05) is 0 Å². The van der Waals surface area contributed by atoms with Crippen LogP contribution >= 0.6 is 0 Å². The van der Waals surface area contributed by atoms with Crippen LogP contribution in [0.1, 0.15) is 39.0 Å². The molecule has 2 atom stereocenters. The largest absolute Gasteiger partial charge is 0.468 e. The Morgan fingerprint density at radius 2 is 2.00 bits per heavy atom. The number of ether oxygens (including phenoxy) is 1. The minimum atomic E-state index is -0.464. The molecule has 2 unspecified atom stereocenters. The fraction of sp³-hybridized carbons (Fsp3) is 0.938. The van der Waals surface area contributed by atoms with Gasteiger partial charge in [0.1, 0.15) is 5.54 Å². The molecular weight excluding hydrogens is 266 g/mol. The molecule has 5 nitrogen and oxygen atoms in total. The molecule has 1 saturated heterocycles. The first-order valence-electron chi connectivity index (χ1n) is 8.26. The molecule has 0 amide bonds. The van der Waals surface area contributed by atoms with Gasteiger partial charge in [-0.15, -0.1) is 0 Å². The summed E-state index contributed by atoms with van der Waals surface area (Å²) in [6.07, 6.45) is 5.29. The maximum absolute atomic E-state index is 12.2. The van der Waals surface area contributed by atoms with Crippen molar-refractivity contribution in [3.63, 3.8) is 0 Å². The van der Waals surface area contributed by atoms with E-state index in [2.05, 4.69) is 36.1 Å². The average Bonchev–Trinajstić information content (AvgIpc) is 2.92. The predicted molar refractivity (Wildman–Crippen MR) is 84.3 cm³/mol. The maximum atomic E-state index is 12.2. The van der Waals surface area contributed by atoms with Gasteiger partial charge in [-0.25, -0.2) is 0 Å². The fourth-order valence-electron chi connectivity index (χ4n) is 4.02. The minimum Gasteiger partial charge on any atom is -0.468 e. The second kappa shape index (κ2) is 7.07. The van der Waals surface area contributed by atoms with Crippen molar-refractivity contribution < 1.29 is 9.53 Å². The molecule has 2 aliphatic rings. The van der Waals surface area contributed by atoms with Gasteiger partial charge in [0, 0.05) is 12.1 Å². The Morgan fingerprint density at radius 3 is 2.57 bits per heavy atom. The van der Waals surface area contributed by atoms with Crippen LogP contribution in [-0.2, 0) is 9.53 Å². The molecule has 122 valence electrons. The van der Waals surface area contributed by atoms with Crippen LogP contribution in [0.4, 0.5) is 0 Å². The number of methoxy groups -OCH3 is 1. The number of rotatable bonds is 5. The second-order valence-electron chi connectivity index (χ2n) is 6.70. The summed E-state index contributed by atoms with van der Waals surface area (Å²) in [5.41, 5.74) is -0.464. The summed E-state index contributed by atoms with van der Waals surface area (Å²) in [5.74, 6) is -0.0939. The molecule has 5 heteroatoms. The Hall–Kier alpha value is -0.650. The summed E-state index contributed by atoms with van der Waals surface area (Å²) in [6, 6.07) is 1.14. The summed E-state index contributed by atoms with van der Waals surface area (Å²) in [4.78, 5) is 17.1. The third-order valence-corrected chi connectivity index (χ3v) is 5.42. The normalized spacial score (nSPS) is 31.8. The highest BCUT2D eigenvalue weighted by molar-refractivity contribution is 5.81. The van der Waals surface area contributed by atoms with Crippen LogP contribution in [0.15, 0.2) is 0 Å². The fourth-order valence-corrected chi connectivity index (χ4v) is 4.02. The Labute approximate surface area is 129 Å². The first-order valence-corrected chi connectivity index (χ1v) is 8.26.